The van der Waals surface area contributed by atoms with Gasteiger partial charge in [0.25, 0.3) is 5.91 Å². The van der Waals surface area contributed by atoms with Gasteiger partial charge in [0.15, 0.2) is 0 Å². The van der Waals surface area contributed by atoms with Gasteiger partial charge in [0, 0.05) is 20.1 Å². The number of carbonyl (C=O) groups excluding carboxylic acids is 4. The Hall–Kier alpha value is -2.69. The van der Waals surface area contributed by atoms with E-state index >= 15 is 0 Å². The number of nitrogens with zero attached hydrogens (tertiary/aromatic N) is 3. The molecule has 1 aromatic rings. The Labute approximate surface area is 193 Å². The summed E-state index contributed by atoms with van der Waals surface area (Å²) in [5.74, 6) is -1.20. The van der Waals surface area contributed by atoms with Crippen molar-refractivity contribution in [1.82, 2.24) is 20.0 Å². The highest BCUT2D eigenvalue weighted by Gasteiger charge is 2.47. The van der Waals surface area contributed by atoms with Crippen molar-refractivity contribution >= 4 is 36.2 Å². The van der Waals surface area contributed by atoms with Crippen LogP contribution in [0.5, 0.6) is 0 Å². The zero-order valence-electron chi connectivity index (χ0n) is 18.4. The summed E-state index contributed by atoms with van der Waals surface area (Å²) in [4.78, 5) is 54.2. The van der Waals surface area contributed by atoms with Crippen LogP contribution in [0.2, 0.25) is 0 Å². The first-order chi connectivity index (χ1) is 14.6. The lowest BCUT2D eigenvalue weighted by Gasteiger charge is -2.37. The van der Waals surface area contributed by atoms with E-state index in [0.29, 0.717) is 0 Å². The fourth-order valence-corrected chi connectivity index (χ4v) is 3.54. The normalized spacial score (nSPS) is 19.4. The molecular formula is C21H30ClN5O5. The first-order valence-corrected chi connectivity index (χ1v) is 10.2. The minimum absolute atomic E-state index is 0. The number of benzene rings is 1. The number of carbonyl (C=O) groups is 4. The number of hydrogen-bond donors (Lipinski definition) is 2. The number of urea groups is 1. The second-order valence-electron chi connectivity index (χ2n) is 8.42. The van der Waals surface area contributed by atoms with Gasteiger partial charge in [-0.2, -0.15) is 0 Å². The van der Waals surface area contributed by atoms with Crippen LogP contribution in [0.4, 0.5) is 4.79 Å². The Morgan fingerprint density at radius 3 is 2.50 bits per heavy atom. The molecule has 2 saturated heterocycles. The number of rotatable bonds is 7. The van der Waals surface area contributed by atoms with Crippen molar-refractivity contribution in [3.05, 3.63) is 35.9 Å². The number of hydrogen-bond acceptors (Lipinski definition) is 6. The van der Waals surface area contributed by atoms with Crippen LogP contribution in [0.3, 0.4) is 0 Å². The lowest BCUT2D eigenvalue weighted by atomic mass is 10.1. The number of nitrogens with one attached hydrogen (secondary N) is 1. The summed E-state index contributed by atoms with van der Waals surface area (Å²) in [7, 11) is 1.43. The van der Waals surface area contributed by atoms with E-state index in [1.807, 2.05) is 30.3 Å². The number of piperazine rings is 1. The second kappa shape index (κ2) is 10.3. The highest BCUT2D eigenvalue weighted by molar-refractivity contribution is 6.04. The van der Waals surface area contributed by atoms with E-state index in [9.17, 15) is 19.2 Å². The summed E-state index contributed by atoms with van der Waals surface area (Å²) >= 11 is 0. The third kappa shape index (κ3) is 5.56. The lowest BCUT2D eigenvalue weighted by Crippen LogP contribution is -2.61. The maximum absolute atomic E-state index is 13.2. The minimum Gasteiger partial charge on any atom is -0.374 e. The van der Waals surface area contributed by atoms with Crippen LogP contribution in [0.15, 0.2) is 30.3 Å². The number of fused-ring (bicyclic) bond motifs is 1. The predicted octanol–water partition coefficient (Wildman–Crippen LogP) is -0.0481. The Balaban J connectivity index is 0.00000363. The molecule has 0 spiro atoms. The molecule has 3 N–H and O–H groups in total. The fraction of sp³-hybridized carbons (Fsp3) is 0.524. The van der Waals surface area contributed by atoms with Gasteiger partial charge in [-0.15, -0.1) is 12.4 Å². The summed E-state index contributed by atoms with van der Waals surface area (Å²) in [5.41, 5.74) is 5.63. The van der Waals surface area contributed by atoms with Gasteiger partial charge in [-0.05, 0) is 19.4 Å². The molecule has 176 valence electrons. The van der Waals surface area contributed by atoms with E-state index in [2.05, 4.69) is 5.32 Å². The Morgan fingerprint density at radius 2 is 1.88 bits per heavy atom. The average molecular weight is 468 g/mol. The van der Waals surface area contributed by atoms with Crippen molar-refractivity contribution in [2.75, 3.05) is 33.3 Å². The van der Waals surface area contributed by atoms with E-state index in [1.165, 1.54) is 16.8 Å². The molecule has 0 aromatic heterocycles. The Bertz CT molecular complexity index is 860. The molecule has 2 aliphatic rings. The molecular weight excluding hydrogens is 438 g/mol. The van der Waals surface area contributed by atoms with E-state index in [1.54, 1.807) is 13.8 Å². The molecule has 1 unspecified atom stereocenters. The summed E-state index contributed by atoms with van der Waals surface area (Å²) in [5, 5.41) is 2.67. The molecule has 2 heterocycles. The van der Waals surface area contributed by atoms with Crippen LogP contribution in [0, 0.1) is 0 Å². The van der Waals surface area contributed by atoms with Crippen molar-refractivity contribution in [2.45, 2.75) is 38.1 Å². The predicted molar refractivity (Wildman–Crippen MR) is 119 cm³/mol. The summed E-state index contributed by atoms with van der Waals surface area (Å²) in [6.07, 6.45) is 0. The fourth-order valence-electron chi connectivity index (χ4n) is 3.54. The zero-order valence-corrected chi connectivity index (χ0v) is 19.3. The molecule has 10 nitrogen and oxygen atoms in total. The quantitative estimate of drug-likeness (QED) is 0.542. The van der Waals surface area contributed by atoms with E-state index in [0.717, 1.165) is 10.5 Å². The molecule has 0 radical (unpaired) electrons. The molecule has 0 bridgehead atoms. The summed E-state index contributed by atoms with van der Waals surface area (Å²) in [6.45, 7) is 3.91. The third-order valence-electron chi connectivity index (χ3n) is 5.43. The van der Waals surface area contributed by atoms with Gasteiger partial charge in [0.2, 0.25) is 11.8 Å². The van der Waals surface area contributed by atoms with Crippen molar-refractivity contribution in [1.29, 1.82) is 0 Å². The topological polar surface area (TPSA) is 125 Å². The van der Waals surface area contributed by atoms with Gasteiger partial charge < -0.3 is 25.6 Å². The molecule has 0 saturated carbocycles. The minimum atomic E-state index is -1.17. The highest BCUT2D eigenvalue weighted by atomic mass is 35.5. The zero-order chi connectivity index (χ0) is 22.8. The maximum Gasteiger partial charge on any atom is 0.327 e. The number of amides is 5. The smallest absolute Gasteiger partial charge is 0.327 e. The molecule has 11 heteroatoms. The molecule has 3 rings (SSSR count). The number of ether oxygens (including phenoxy) is 1. The largest absolute Gasteiger partial charge is 0.374 e. The number of nitrogens with two attached hydrogens (primary N) is 1. The van der Waals surface area contributed by atoms with Crippen molar-refractivity contribution in [3.8, 4) is 0 Å². The van der Waals surface area contributed by atoms with E-state index < -0.39 is 23.5 Å². The molecule has 2 fully saturated rings. The Kier molecular flexibility index (Phi) is 8.22. The standard InChI is InChI=1S/C21H29N5O5.ClH/c1-21(2,22)19(29)23-15(13-31-12-14-7-5-4-6-8-14)17(27)25-9-10-26-16(11-25)18(28)24(3)20(26)30;/h4-8,15-16H,9-13,22H2,1-3H3,(H,23,29);1H/t15-,16?;/m1./s1. The van der Waals surface area contributed by atoms with Crippen LogP contribution in [-0.2, 0) is 25.7 Å². The van der Waals surface area contributed by atoms with Gasteiger partial charge >= 0.3 is 6.03 Å². The van der Waals surface area contributed by atoms with Gasteiger partial charge in [0.1, 0.15) is 12.1 Å². The van der Waals surface area contributed by atoms with Crippen LogP contribution >= 0.6 is 12.4 Å². The van der Waals surface area contributed by atoms with E-state index in [4.69, 9.17) is 10.5 Å². The van der Waals surface area contributed by atoms with E-state index in [-0.39, 0.29) is 63.1 Å². The van der Waals surface area contributed by atoms with Crippen LogP contribution < -0.4 is 11.1 Å². The Morgan fingerprint density at radius 1 is 1.22 bits per heavy atom. The monoisotopic (exact) mass is 467 g/mol. The van der Waals surface area contributed by atoms with Gasteiger partial charge in [0.05, 0.1) is 25.3 Å². The average Bonchev–Trinajstić information content (AvgIpc) is 2.96. The SMILES string of the molecule is CN1C(=O)C2CN(C(=O)[C@@H](COCc3ccccc3)NC(=O)C(C)(C)N)CCN2C1=O.Cl. The van der Waals surface area contributed by atoms with Crippen molar-refractivity contribution in [2.24, 2.45) is 5.73 Å². The lowest BCUT2D eigenvalue weighted by molar-refractivity contribution is -0.142. The van der Waals surface area contributed by atoms with Crippen LogP contribution in [0.1, 0.15) is 19.4 Å². The molecule has 2 atom stereocenters. The van der Waals surface area contributed by atoms with Crippen LogP contribution in [0.25, 0.3) is 0 Å². The summed E-state index contributed by atoms with van der Waals surface area (Å²) in [6, 6.07) is 7.44. The number of imide groups is 1. The van der Waals surface area contributed by atoms with Gasteiger partial charge in [-0.1, -0.05) is 30.3 Å². The van der Waals surface area contributed by atoms with Gasteiger partial charge in [-0.25, -0.2) is 4.79 Å². The molecule has 2 aliphatic heterocycles. The summed E-state index contributed by atoms with van der Waals surface area (Å²) < 4.78 is 5.71. The molecule has 0 aliphatic carbocycles. The van der Waals surface area contributed by atoms with Crippen LogP contribution in [-0.4, -0.2) is 89.4 Å². The van der Waals surface area contributed by atoms with Crippen molar-refractivity contribution in [3.63, 3.8) is 0 Å². The first-order valence-electron chi connectivity index (χ1n) is 10.2. The first kappa shape index (κ1) is 25.6. The molecule has 32 heavy (non-hydrogen) atoms. The highest BCUT2D eigenvalue weighted by Crippen LogP contribution is 2.21. The number of likely N-dealkylation sites (N-methyl/N-ethyl adjacent to an activating group) is 1. The maximum atomic E-state index is 13.2. The van der Waals surface area contributed by atoms with Crippen molar-refractivity contribution < 1.29 is 23.9 Å². The molecule has 1 aromatic carbocycles. The number of halogens is 1. The third-order valence-corrected chi connectivity index (χ3v) is 5.43. The second-order valence-corrected chi connectivity index (χ2v) is 8.42. The van der Waals surface area contributed by atoms with Gasteiger partial charge in [-0.3, -0.25) is 19.3 Å². The molecule has 5 amide bonds.